The molecule has 2 atom stereocenters. The molecule has 0 saturated carbocycles. The Hall–Kier alpha value is -2.40. The molecule has 0 bridgehead atoms. The van der Waals surface area contributed by atoms with Gasteiger partial charge in [0.25, 0.3) is 0 Å². The van der Waals surface area contributed by atoms with Crippen LogP contribution in [0.15, 0.2) is 42.5 Å². The summed E-state index contributed by atoms with van der Waals surface area (Å²) in [5, 5.41) is 3.58. The number of fused-ring (bicyclic) bond motifs is 3. The number of ketones is 1. The molecule has 0 aliphatic carbocycles. The van der Waals surface area contributed by atoms with Gasteiger partial charge in [0.05, 0.1) is 12.3 Å². The molecule has 3 aliphatic rings. The molecule has 5 heteroatoms. The third-order valence-corrected chi connectivity index (χ3v) is 6.91. The van der Waals surface area contributed by atoms with E-state index in [0.29, 0.717) is 17.9 Å². The van der Waals surface area contributed by atoms with Crippen LogP contribution in [0.4, 0.5) is 10.1 Å². The molecule has 2 aromatic rings. The summed E-state index contributed by atoms with van der Waals surface area (Å²) >= 11 is 0. The molecule has 3 aliphatic heterocycles. The largest absolute Gasteiger partial charge is 0.491 e. The van der Waals surface area contributed by atoms with Gasteiger partial charge >= 0.3 is 0 Å². The minimum atomic E-state index is -0.305. The quantitative estimate of drug-likeness (QED) is 0.768. The summed E-state index contributed by atoms with van der Waals surface area (Å²) in [4.78, 5) is 15.2. The summed E-state index contributed by atoms with van der Waals surface area (Å²) in [5.74, 6) is 1.23. The molecule has 29 heavy (non-hydrogen) atoms. The van der Waals surface area contributed by atoms with E-state index in [1.54, 1.807) is 12.1 Å². The number of piperidine rings is 1. The number of para-hydroxylation sites is 1. The number of benzene rings is 2. The van der Waals surface area contributed by atoms with Gasteiger partial charge in [0, 0.05) is 36.5 Å². The number of nitrogens with one attached hydrogen (secondary N) is 1. The Labute approximate surface area is 171 Å². The van der Waals surface area contributed by atoms with Crippen LogP contribution in [-0.2, 0) is 0 Å². The first-order chi connectivity index (χ1) is 14.2. The Morgan fingerprint density at radius 2 is 2.10 bits per heavy atom. The van der Waals surface area contributed by atoms with Gasteiger partial charge in [-0.3, -0.25) is 4.79 Å². The highest BCUT2D eigenvalue weighted by Gasteiger charge is 2.53. The Balaban J connectivity index is 1.38. The monoisotopic (exact) mass is 394 g/mol. The van der Waals surface area contributed by atoms with E-state index >= 15 is 0 Å². The van der Waals surface area contributed by atoms with Crippen molar-refractivity contribution >= 4 is 11.5 Å². The molecule has 0 amide bonds. The van der Waals surface area contributed by atoms with E-state index < -0.39 is 0 Å². The van der Waals surface area contributed by atoms with Crippen LogP contribution in [-0.4, -0.2) is 37.6 Å². The Morgan fingerprint density at radius 3 is 2.97 bits per heavy atom. The fraction of sp³-hybridized carbons (Fsp3) is 0.458. The van der Waals surface area contributed by atoms with Crippen molar-refractivity contribution in [1.29, 1.82) is 0 Å². The molecular formula is C24H27FN2O2. The maximum absolute atomic E-state index is 13.1. The first-order valence-electron chi connectivity index (χ1n) is 10.7. The minimum Gasteiger partial charge on any atom is -0.491 e. The molecule has 5 rings (SSSR count). The predicted octanol–water partition coefficient (Wildman–Crippen LogP) is 4.30. The molecule has 2 unspecified atom stereocenters. The van der Waals surface area contributed by atoms with Crippen LogP contribution < -0.4 is 15.0 Å². The summed E-state index contributed by atoms with van der Waals surface area (Å²) in [6.07, 6.45) is 4.43. The van der Waals surface area contributed by atoms with Gasteiger partial charge < -0.3 is 15.0 Å². The SMILES string of the molecule is O=C(CCCC12CCNCC1c1cccc3c1N2CCCO3)c1ccc(F)cc1. The fourth-order valence-electron chi connectivity index (χ4n) is 5.60. The van der Waals surface area contributed by atoms with Gasteiger partial charge in [-0.15, -0.1) is 0 Å². The number of ether oxygens (including phenoxy) is 1. The van der Waals surface area contributed by atoms with Gasteiger partial charge in [-0.1, -0.05) is 12.1 Å². The van der Waals surface area contributed by atoms with Crippen molar-refractivity contribution in [3.8, 4) is 5.75 Å². The number of hydrogen-bond donors (Lipinski definition) is 1. The van der Waals surface area contributed by atoms with Gasteiger partial charge in [-0.05, 0) is 68.1 Å². The third kappa shape index (κ3) is 3.12. The second kappa shape index (κ2) is 7.45. The van der Waals surface area contributed by atoms with Crippen LogP contribution in [0.3, 0.4) is 0 Å². The molecule has 1 saturated heterocycles. The molecule has 0 spiro atoms. The summed E-state index contributed by atoms with van der Waals surface area (Å²) in [5.41, 5.74) is 3.33. The van der Waals surface area contributed by atoms with E-state index in [9.17, 15) is 9.18 Å². The molecule has 152 valence electrons. The van der Waals surface area contributed by atoms with Gasteiger partial charge in [0.1, 0.15) is 11.6 Å². The van der Waals surface area contributed by atoms with Crippen molar-refractivity contribution in [3.63, 3.8) is 0 Å². The van der Waals surface area contributed by atoms with Gasteiger partial charge in [-0.25, -0.2) is 4.39 Å². The number of carbonyl (C=O) groups excluding carboxylic acids is 1. The lowest BCUT2D eigenvalue weighted by molar-refractivity contribution is 0.0974. The normalized spacial score (nSPS) is 25.0. The number of rotatable bonds is 5. The van der Waals surface area contributed by atoms with E-state index in [4.69, 9.17) is 4.74 Å². The zero-order valence-electron chi connectivity index (χ0n) is 16.6. The number of hydrogen-bond acceptors (Lipinski definition) is 4. The van der Waals surface area contributed by atoms with Gasteiger partial charge in [0.2, 0.25) is 0 Å². The summed E-state index contributed by atoms with van der Waals surface area (Å²) < 4.78 is 19.2. The highest BCUT2D eigenvalue weighted by atomic mass is 19.1. The maximum Gasteiger partial charge on any atom is 0.162 e. The lowest BCUT2D eigenvalue weighted by Gasteiger charge is -2.47. The number of nitrogens with zero attached hydrogens (tertiary/aromatic N) is 1. The lowest BCUT2D eigenvalue weighted by Crippen LogP contribution is -2.56. The topological polar surface area (TPSA) is 41.6 Å². The number of carbonyl (C=O) groups is 1. The van der Waals surface area contributed by atoms with Crippen molar-refractivity contribution < 1.29 is 13.9 Å². The van der Waals surface area contributed by atoms with Crippen molar-refractivity contribution in [2.45, 2.75) is 43.6 Å². The molecule has 4 nitrogen and oxygen atoms in total. The standard InChI is InChI=1S/C24H27FN2O2/c25-18-9-7-17(8-10-18)21(28)5-2-11-24-12-13-26-16-20(24)19-4-1-6-22-23(19)27(24)14-3-15-29-22/h1,4,6-10,20,26H,2-3,5,11-16H2. The van der Waals surface area contributed by atoms with Crippen molar-refractivity contribution in [3.05, 3.63) is 59.4 Å². The second-order valence-electron chi connectivity index (χ2n) is 8.44. The molecule has 1 N–H and O–H groups in total. The van der Waals surface area contributed by atoms with E-state index in [1.165, 1.54) is 23.4 Å². The number of anilines is 1. The molecule has 1 fully saturated rings. The average Bonchev–Trinajstić information content (AvgIpc) is 2.86. The summed E-state index contributed by atoms with van der Waals surface area (Å²) in [7, 11) is 0. The maximum atomic E-state index is 13.1. The van der Waals surface area contributed by atoms with Gasteiger partial charge in [0.15, 0.2) is 5.78 Å². The first-order valence-corrected chi connectivity index (χ1v) is 10.7. The predicted molar refractivity (Wildman–Crippen MR) is 111 cm³/mol. The Morgan fingerprint density at radius 1 is 1.24 bits per heavy atom. The second-order valence-corrected chi connectivity index (χ2v) is 8.44. The number of halogens is 1. The van der Waals surface area contributed by atoms with E-state index in [2.05, 4.69) is 28.4 Å². The summed E-state index contributed by atoms with van der Waals surface area (Å²) in [6.45, 7) is 3.74. The molecule has 3 heterocycles. The van der Waals surface area contributed by atoms with Gasteiger partial charge in [-0.2, -0.15) is 0 Å². The summed E-state index contributed by atoms with van der Waals surface area (Å²) in [6, 6.07) is 12.4. The third-order valence-electron chi connectivity index (χ3n) is 6.91. The highest BCUT2D eigenvalue weighted by molar-refractivity contribution is 5.96. The fourth-order valence-corrected chi connectivity index (χ4v) is 5.60. The number of Topliss-reactive ketones (excluding diaryl/α,β-unsaturated/α-hetero) is 1. The Bertz CT molecular complexity index is 914. The molecule has 0 radical (unpaired) electrons. The van der Waals surface area contributed by atoms with Crippen LogP contribution in [0.25, 0.3) is 0 Å². The van der Waals surface area contributed by atoms with Crippen LogP contribution in [0.2, 0.25) is 0 Å². The smallest absolute Gasteiger partial charge is 0.162 e. The molecule has 2 aromatic carbocycles. The van der Waals surface area contributed by atoms with Crippen molar-refractivity contribution in [2.24, 2.45) is 0 Å². The van der Waals surface area contributed by atoms with Crippen LogP contribution in [0.5, 0.6) is 5.75 Å². The van der Waals surface area contributed by atoms with Crippen LogP contribution in [0, 0.1) is 5.82 Å². The van der Waals surface area contributed by atoms with Crippen LogP contribution in [0.1, 0.15) is 53.9 Å². The lowest BCUT2D eigenvalue weighted by atomic mass is 9.73. The van der Waals surface area contributed by atoms with Crippen molar-refractivity contribution in [2.75, 3.05) is 31.1 Å². The van der Waals surface area contributed by atoms with Crippen LogP contribution >= 0.6 is 0 Å². The molecular weight excluding hydrogens is 367 g/mol. The highest BCUT2D eigenvalue weighted by Crippen LogP contribution is 2.56. The average molecular weight is 394 g/mol. The Kier molecular flexibility index (Phi) is 4.78. The zero-order valence-corrected chi connectivity index (χ0v) is 16.6. The van der Waals surface area contributed by atoms with E-state index in [1.807, 2.05) is 0 Å². The van der Waals surface area contributed by atoms with E-state index in [0.717, 1.165) is 57.7 Å². The van der Waals surface area contributed by atoms with E-state index in [-0.39, 0.29) is 17.1 Å². The minimum absolute atomic E-state index is 0.0560. The molecule has 0 aromatic heterocycles. The zero-order chi connectivity index (χ0) is 19.8. The first kappa shape index (κ1) is 18.6. The van der Waals surface area contributed by atoms with Crippen molar-refractivity contribution in [1.82, 2.24) is 5.32 Å².